The molecule has 0 aliphatic carbocycles. The summed E-state index contributed by atoms with van der Waals surface area (Å²) < 4.78 is 0. The molecule has 0 aliphatic heterocycles. The van der Waals surface area contributed by atoms with Crippen LogP contribution in [0.2, 0.25) is 5.02 Å². The first-order chi connectivity index (χ1) is 14.2. The highest BCUT2D eigenvalue weighted by atomic mass is 35.5. The Balaban J connectivity index is 1.59. The quantitative estimate of drug-likeness (QED) is 0.181. The second-order valence-corrected chi connectivity index (χ2v) is 8.06. The lowest BCUT2D eigenvalue weighted by atomic mass is 9.97. The smallest absolute Gasteiger partial charge is 0.0406 e. The molecule has 0 radical (unpaired) electrons. The van der Waals surface area contributed by atoms with Crippen LogP contribution in [0.15, 0.2) is 72.8 Å². The molecule has 144 valence electrons. The minimum Gasteiger partial charge on any atom is -0.0843 e. The van der Waals surface area contributed by atoms with E-state index < -0.39 is 0 Å². The first-order valence-electron chi connectivity index (χ1n) is 10.5. The van der Waals surface area contributed by atoms with E-state index in [-0.39, 0.29) is 0 Å². The van der Waals surface area contributed by atoms with Crippen molar-refractivity contribution < 1.29 is 0 Å². The van der Waals surface area contributed by atoms with Crippen LogP contribution in [0.5, 0.6) is 0 Å². The van der Waals surface area contributed by atoms with Crippen molar-refractivity contribution in [3.63, 3.8) is 0 Å². The van der Waals surface area contributed by atoms with Crippen molar-refractivity contribution >= 4 is 33.1 Å². The van der Waals surface area contributed by atoms with Crippen LogP contribution in [0.4, 0.5) is 0 Å². The minimum absolute atomic E-state index is 0.734. The summed E-state index contributed by atoms with van der Waals surface area (Å²) in [6.45, 7) is 2.26. The zero-order chi connectivity index (χ0) is 20.1. The fourth-order valence-electron chi connectivity index (χ4n) is 3.79. The number of unbranched alkanes of at least 4 members (excludes halogenated alkanes) is 3. The molecule has 29 heavy (non-hydrogen) atoms. The van der Waals surface area contributed by atoms with Gasteiger partial charge in [-0.1, -0.05) is 86.0 Å². The topological polar surface area (TPSA) is 0 Å². The van der Waals surface area contributed by atoms with Gasteiger partial charge in [-0.3, -0.25) is 0 Å². The van der Waals surface area contributed by atoms with Gasteiger partial charge in [0.2, 0.25) is 0 Å². The summed E-state index contributed by atoms with van der Waals surface area (Å²) in [6.07, 6.45) is 6.40. The standard InChI is InChI=1S/C28H25Cl/c1-2-3-4-5-6-22-11-17-27-24(19-22)13-14-25-20-23(12-18-28(25)27)8-7-21-9-15-26(29)16-10-21/h9-20H,2-6H2,1H3. The maximum absolute atomic E-state index is 5.94. The van der Waals surface area contributed by atoms with E-state index in [9.17, 15) is 0 Å². The molecule has 0 heterocycles. The number of hydrogen-bond donors (Lipinski definition) is 0. The summed E-state index contributed by atoms with van der Waals surface area (Å²) >= 11 is 5.94. The molecule has 0 N–H and O–H groups in total. The van der Waals surface area contributed by atoms with Crippen molar-refractivity contribution in [2.24, 2.45) is 0 Å². The molecular weight excluding hydrogens is 372 g/mol. The van der Waals surface area contributed by atoms with Gasteiger partial charge in [0.25, 0.3) is 0 Å². The molecule has 4 aromatic carbocycles. The van der Waals surface area contributed by atoms with Gasteiger partial charge in [0.05, 0.1) is 0 Å². The monoisotopic (exact) mass is 396 g/mol. The lowest BCUT2D eigenvalue weighted by Gasteiger charge is -2.07. The Morgan fingerprint density at radius 1 is 0.655 bits per heavy atom. The van der Waals surface area contributed by atoms with Crippen molar-refractivity contribution in [3.05, 3.63) is 94.5 Å². The van der Waals surface area contributed by atoms with Crippen LogP contribution >= 0.6 is 11.6 Å². The predicted molar refractivity (Wildman–Crippen MR) is 127 cm³/mol. The van der Waals surface area contributed by atoms with Crippen molar-refractivity contribution in [1.82, 2.24) is 0 Å². The van der Waals surface area contributed by atoms with Crippen LogP contribution in [-0.4, -0.2) is 0 Å². The van der Waals surface area contributed by atoms with Crippen LogP contribution in [0, 0.1) is 11.8 Å². The van der Waals surface area contributed by atoms with Crippen LogP contribution in [0.25, 0.3) is 21.5 Å². The lowest BCUT2D eigenvalue weighted by molar-refractivity contribution is 0.667. The normalized spacial score (nSPS) is 10.8. The molecule has 0 aliphatic rings. The summed E-state index contributed by atoms with van der Waals surface area (Å²) in [5, 5.41) is 5.90. The Kier molecular flexibility index (Phi) is 6.18. The first kappa shape index (κ1) is 19.6. The maximum Gasteiger partial charge on any atom is 0.0406 e. The minimum atomic E-state index is 0.734. The van der Waals surface area contributed by atoms with E-state index in [4.69, 9.17) is 11.6 Å². The fraction of sp³-hybridized carbons (Fsp3) is 0.214. The molecule has 0 saturated carbocycles. The van der Waals surface area contributed by atoms with Crippen LogP contribution < -0.4 is 0 Å². The Morgan fingerprint density at radius 2 is 1.31 bits per heavy atom. The van der Waals surface area contributed by atoms with Crippen molar-refractivity contribution in [3.8, 4) is 11.8 Å². The van der Waals surface area contributed by atoms with Gasteiger partial charge in [0.15, 0.2) is 0 Å². The van der Waals surface area contributed by atoms with E-state index >= 15 is 0 Å². The Hall–Kier alpha value is -2.75. The van der Waals surface area contributed by atoms with Crippen molar-refractivity contribution in [1.29, 1.82) is 0 Å². The number of rotatable bonds is 5. The van der Waals surface area contributed by atoms with Gasteiger partial charge < -0.3 is 0 Å². The Bertz CT molecular complexity index is 1190. The summed E-state index contributed by atoms with van der Waals surface area (Å²) in [7, 11) is 0. The van der Waals surface area contributed by atoms with Crippen LogP contribution in [-0.2, 0) is 6.42 Å². The van der Waals surface area contributed by atoms with Gasteiger partial charge in [-0.05, 0) is 76.3 Å². The van der Waals surface area contributed by atoms with E-state index in [0.29, 0.717) is 0 Å². The highest BCUT2D eigenvalue weighted by molar-refractivity contribution is 6.30. The molecule has 4 aromatic rings. The second kappa shape index (κ2) is 9.17. The fourth-order valence-corrected chi connectivity index (χ4v) is 3.91. The average molecular weight is 397 g/mol. The van der Waals surface area contributed by atoms with E-state index in [0.717, 1.165) is 16.1 Å². The number of hydrogen-bond acceptors (Lipinski definition) is 0. The van der Waals surface area contributed by atoms with Gasteiger partial charge in [-0.25, -0.2) is 0 Å². The molecule has 0 aromatic heterocycles. The van der Waals surface area contributed by atoms with Crippen LogP contribution in [0.3, 0.4) is 0 Å². The van der Waals surface area contributed by atoms with Gasteiger partial charge in [0, 0.05) is 16.1 Å². The summed E-state index contributed by atoms with van der Waals surface area (Å²) in [5.74, 6) is 6.49. The summed E-state index contributed by atoms with van der Waals surface area (Å²) in [4.78, 5) is 0. The van der Waals surface area contributed by atoms with E-state index in [1.165, 1.54) is 59.2 Å². The molecule has 0 unspecified atom stereocenters. The molecule has 0 fully saturated rings. The number of aryl methyl sites for hydroxylation is 1. The van der Waals surface area contributed by atoms with Crippen molar-refractivity contribution in [2.45, 2.75) is 39.0 Å². The van der Waals surface area contributed by atoms with Crippen molar-refractivity contribution in [2.75, 3.05) is 0 Å². The summed E-state index contributed by atoms with van der Waals surface area (Å²) in [5.41, 5.74) is 3.44. The van der Waals surface area contributed by atoms with E-state index in [1.54, 1.807) is 0 Å². The third kappa shape index (κ3) is 4.81. The Morgan fingerprint density at radius 3 is 2.07 bits per heavy atom. The number of halogens is 1. The average Bonchev–Trinajstić information content (AvgIpc) is 2.76. The van der Waals surface area contributed by atoms with Crippen LogP contribution in [0.1, 0.15) is 49.3 Å². The summed E-state index contributed by atoms with van der Waals surface area (Å²) in [6, 6.07) is 25.5. The zero-order valence-corrected chi connectivity index (χ0v) is 17.6. The molecule has 0 nitrogen and oxygen atoms in total. The number of benzene rings is 4. The molecule has 0 saturated heterocycles. The lowest BCUT2D eigenvalue weighted by Crippen LogP contribution is -1.87. The molecule has 0 atom stereocenters. The van der Waals surface area contributed by atoms with E-state index in [1.807, 2.05) is 24.3 Å². The SMILES string of the molecule is CCCCCCc1ccc2c(ccc3cc(C#Cc4ccc(Cl)cc4)ccc32)c1. The molecule has 0 bridgehead atoms. The zero-order valence-electron chi connectivity index (χ0n) is 16.8. The van der Waals surface area contributed by atoms with Gasteiger partial charge in [-0.2, -0.15) is 0 Å². The second-order valence-electron chi connectivity index (χ2n) is 7.62. The third-order valence-corrected chi connectivity index (χ3v) is 5.67. The van der Waals surface area contributed by atoms with Gasteiger partial charge in [0.1, 0.15) is 0 Å². The highest BCUT2D eigenvalue weighted by Crippen LogP contribution is 2.27. The predicted octanol–water partition coefficient (Wildman–Crippen LogP) is 8.17. The molecule has 0 amide bonds. The molecule has 4 rings (SSSR count). The molecule has 0 spiro atoms. The first-order valence-corrected chi connectivity index (χ1v) is 10.8. The largest absolute Gasteiger partial charge is 0.0843 e. The van der Waals surface area contributed by atoms with Gasteiger partial charge in [-0.15, -0.1) is 0 Å². The maximum atomic E-state index is 5.94. The molecule has 1 heteroatoms. The highest BCUT2D eigenvalue weighted by Gasteiger charge is 2.03. The Labute approximate surface area is 178 Å². The van der Waals surface area contributed by atoms with E-state index in [2.05, 4.69) is 67.3 Å². The van der Waals surface area contributed by atoms with Gasteiger partial charge >= 0.3 is 0 Å². The third-order valence-electron chi connectivity index (χ3n) is 5.41. The number of fused-ring (bicyclic) bond motifs is 3. The molecular formula is C28H25Cl.